The number of rotatable bonds is 6. The lowest BCUT2D eigenvalue weighted by molar-refractivity contribution is 0.0205. The van der Waals surface area contributed by atoms with Crippen molar-refractivity contribution in [2.75, 3.05) is 32.5 Å². The zero-order valence-corrected chi connectivity index (χ0v) is 18.1. The Labute approximate surface area is 158 Å². The topological polar surface area (TPSA) is 45.7 Å². The molecule has 0 aromatic heterocycles. The first-order chi connectivity index (χ1) is 9.80. The molecule has 0 bridgehead atoms. The van der Waals surface area contributed by atoms with Crippen molar-refractivity contribution in [3.63, 3.8) is 0 Å². The van der Waals surface area contributed by atoms with E-state index in [1.165, 1.54) is 18.6 Å². The number of hydrogen-bond donors (Lipinski definition) is 2. The van der Waals surface area contributed by atoms with E-state index in [0.29, 0.717) is 4.75 Å². The monoisotopic (exact) mass is 443 g/mol. The van der Waals surface area contributed by atoms with E-state index < -0.39 is 0 Å². The van der Waals surface area contributed by atoms with Gasteiger partial charge in [-0.25, -0.2) is 0 Å². The molecule has 0 aromatic carbocycles. The summed E-state index contributed by atoms with van der Waals surface area (Å²) in [6.45, 7) is 13.5. The second kappa shape index (κ2) is 10.2. The Morgan fingerprint density at radius 3 is 2.50 bits per heavy atom. The molecule has 1 heterocycles. The van der Waals surface area contributed by atoms with Crippen LogP contribution in [0.5, 0.6) is 0 Å². The maximum Gasteiger partial charge on any atom is 0.191 e. The molecule has 0 saturated carbocycles. The van der Waals surface area contributed by atoms with Crippen molar-refractivity contribution in [1.82, 2.24) is 10.6 Å². The minimum Gasteiger partial charge on any atom is -0.379 e. The molecule has 1 aliphatic rings. The normalized spacial score (nSPS) is 23.8. The van der Waals surface area contributed by atoms with Gasteiger partial charge in [0.15, 0.2) is 5.96 Å². The highest BCUT2D eigenvalue weighted by molar-refractivity contribution is 14.0. The van der Waals surface area contributed by atoms with Crippen molar-refractivity contribution in [2.45, 2.75) is 58.3 Å². The zero-order chi connectivity index (χ0) is 15.9. The number of ether oxygens (including phenoxy) is 1. The summed E-state index contributed by atoms with van der Waals surface area (Å²) in [5.41, 5.74) is 0.117. The molecule has 2 unspecified atom stereocenters. The zero-order valence-electron chi connectivity index (χ0n) is 15.0. The number of nitrogens with zero attached hydrogens (tertiary/aromatic N) is 1. The van der Waals surface area contributed by atoms with Gasteiger partial charge in [0.2, 0.25) is 0 Å². The lowest BCUT2D eigenvalue weighted by Crippen LogP contribution is -2.45. The first-order valence-corrected chi connectivity index (χ1v) is 8.98. The van der Waals surface area contributed by atoms with Gasteiger partial charge in [-0.1, -0.05) is 20.8 Å². The van der Waals surface area contributed by atoms with Crippen LogP contribution in [0.15, 0.2) is 4.99 Å². The summed E-state index contributed by atoms with van der Waals surface area (Å²) in [4.78, 5) is 4.77. The molecule has 22 heavy (non-hydrogen) atoms. The predicted octanol–water partition coefficient (Wildman–Crippen LogP) is 3.51. The van der Waals surface area contributed by atoms with E-state index in [2.05, 4.69) is 57.0 Å². The van der Waals surface area contributed by atoms with Gasteiger partial charge in [0.25, 0.3) is 0 Å². The number of thioether (sulfide) groups is 1. The summed E-state index contributed by atoms with van der Waals surface area (Å²) < 4.78 is 5.90. The summed E-state index contributed by atoms with van der Waals surface area (Å²) in [6, 6.07) is 0. The molecular weight excluding hydrogens is 409 g/mol. The highest BCUT2D eigenvalue weighted by atomic mass is 127. The van der Waals surface area contributed by atoms with Crippen LogP contribution >= 0.6 is 35.7 Å². The Balaban J connectivity index is 0.00000441. The standard InChI is InChI=1S/C16H33N3OS.HI/c1-7-17-14(18-11-13(20-6)15(2,3)4)19-12-16(5)9-8-10-21-16;/h13H,7-12H2,1-6H3,(H2,17,18,19);1H. The summed E-state index contributed by atoms with van der Waals surface area (Å²) >= 11 is 2.05. The third-order valence-corrected chi connectivity index (χ3v) is 5.44. The second-order valence-electron chi connectivity index (χ2n) is 7.07. The van der Waals surface area contributed by atoms with Gasteiger partial charge < -0.3 is 15.4 Å². The molecule has 0 amide bonds. The molecule has 4 nitrogen and oxygen atoms in total. The Kier molecular flexibility index (Phi) is 10.4. The summed E-state index contributed by atoms with van der Waals surface area (Å²) in [7, 11) is 1.78. The molecule has 1 fully saturated rings. The number of nitrogens with one attached hydrogen (secondary N) is 2. The van der Waals surface area contributed by atoms with Gasteiger partial charge in [0.05, 0.1) is 12.6 Å². The van der Waals surface area contributed by atoms with Crippen LogP contribution in [0.2, 0.25) is 0 Å². The Hall–Kier alpha value is 0.310. The van der Waals surface area contributed by atoms with Crippen LogP contribution in [0.4, 0.5) is 0 Å². The average Bonchev–Trinajstić information content (AvgIpc) is 2.82. The molecule has 0 aromatic rings. The molecule has 1 aliphatic heterocycles. The molecule has 1 saturated heterocycles. The van der Waals surface area contributed by atoms with Gasteiger partial charge >= 0.3 is 0 Å². The molecule has 2 N–H and O–H groups in total. The Morgan fingerprint density at radius 1 is 1.36 bits per heavy atom. The van der Waals surface area contributed by atoms with Gasteiger partial charge in [-0.15, -0.1) is 24.0 Å². The van der Waals surface area contributed by atoms with Crippen molar-refractivity contribution >= 4 is 41.7 Å². The quantitative estimate of drug-likeness (QED) is 0.375. The van der Waals surface area contributed by atoms with E-state index in [1.54, 1.807) is 7.11 Å². The van der Waals surface area contributed by atoms with Gasteiger partial charge in [-0.05, 0) is 37.9 Å². The van der Waals surface area contributed by atoms with E-state index in [1.807, 2.05) is 0 Å². The van der Waals surface area contributed by atoms with E-state index in [-0.39, 0.29) is 35.5 Å². The number of guanidine groups is 1. The maximum atomic E-state index is 5.59. The third kappa shape index (κ3) is 7.73. The van der Waals surface area contributed by atoms with E-state index >= 15 is 0 Å². The van der Waals surface area contributed by atoms with Crippen LogP contribution in [0.25, 0.3) is 0 Å². The second-order valence-corrected chi connectivity index (χ2v) is 8.75. The fourth-order valence-electron chi connectivity index (χ4n) is 2.48. The first kappa shape index (κ1) is 22.3. The number of methoxy groups -OCH3 is 1. The Bertz CT molecular complexity index is 339. The summed E-state index contributed by atoms with van der Waals surface area (Å²) in [6.07, 6.45) is 2.75. The average molecular weight is 443 g/mol. The lowest BCUT2D eigenvalue weighted by atomic mass is 9.89. The van der Waals surface area contributed by atoms with Crippen LogP contribution in [-0.4, -0.2) is 49.3 Å². The predicted molar refractivity (Wildman–Crippen MR) is 110 cm³/mol. The van der Waals surface area contributed by atoms with E-state index in [9.17, 15) is 0 Å². The van der Waals surface area contributed by atoms with Crippen LogP contribution in [0, 0.1) is 5.41 Å². The summed E-state index contributed by atoms with van der Waals surface area (Å²) in [5, 5.41) is 6.75. The third-order valence-electron chi connectivity index (χ3n) is 3.92. The minimum absolute atomic E-state index is 0. The molecule has 1 rings (SSSR count). The van der Waals surface area contributed by atoms with Crippen molar-refractivity contribution < 1.29 is 4.74 Å². The van der Waals surface area contributed by atoms with Gasteiger partial charge in [0, 0.05) is 24.9 Å². The lowest BCUT2D eigenvalue weighted by Gasteiger charge is -2.30. The van der Waals surface area contributed by atoms with Gasteiger partial charge in [0.1, 0.15) is 0 Å². The fraction of sp³-hybridized carbons (Fsp3) is 0.938. The molecule has 2 atom stereocenters. The van der Waals surface area contributed by atoms with E-state index in [4.69, 9.17) is 9.73 Å². The van der Waals surface area contributed by atoms with Gasteiger partial charge in [-0.3, -0.25) is 4.99 Å². The number of halogens is 1. The SMILES string of the molecule is CCNC(=NCC1(C)CCCS1)NCC(OC)C(C)(C)C.I. The molecular formula is C16H34IN3OS. The number of aliphatic imine (C=N–C) groups is 1. The van der Waals surface area contributed by atoms with Crippen LogP contribution in [0.1, 0.15) is 47.5 Å². The Morgan fingerprint density at radius 2 is 2.05 bits per heavy atom. The van der Waals surface area contributed by atoms with Crippen molar-refractivity contribution in [1.29, 1.82) is 0 Å². The highest BCUT2D eigenvalue weighted by Crippen LogP contribution is 2.37. The smallest absolute Gasteiger partial charge is 0.191 e. The van der Waals surface area contributed by atoms with Crippen molar-refractivity contribution in [3.05, 3.63) is 0 Å². The maximum absolute atomic E-state index is 5.59. The molecule has 132 valence electrons. The first-order valence-electron chi connectivity index (χ1n) is 7.99. The van der Waals surface area contributed by atoms with Gasteiger partial charge in [-0.2, -0.15) is 11.8 Å². The van der Waals surface area contributed by atoms with E-state index in [0.717, 1.165) is 25.6 Å². The van der Waals surface area contributed by atoms with Crippen molar-refractivity contribution in [3.8, 4) is 0 Å². The largest absolute Gasteiger partial charge is 0.379 e. The molecule has 0 spiro atoms. The number of hydrogen-bond acceptors (Lipinski definition) is 3. The highest BCUT2D eigenvalue weighted by Gasteiger charge is 2.29. The molecule has 0 aliphatic carbocycles. The minimum atomic E-state index is 0. The van der Waals surface area contributed by atoms with Crippen LogP contribution < -0.4 is 10.6 Å². The van der Waals surface area contributed by atoms with Crippen LogP contribution in [0.3, 0.4) is 0 Å². The molecule has 6 heteroatoms. The van der Waals surface area contributed by atoms with Crippen molar-refractivity contribution in [2.24, 2.45) is 10.4 Å². The van der Waals surface area contributed by atoms with Crippen LogP contribution in [-0.2, 0) is 4.74 Å². The molecule has 0 radical (unpaired) electrons. The summed E-state index contributed by atoms with van der Waals surface area (Å²) in [5.74, 6) is 2.17. The fourth-order valence-corrected chi connectivity index (χ4v) is 3.71.